The Hall–Kier alpha value is -5.59. The number of nitrogens with one attached hydrogen (secondary N) is 4. The predicted molar refractivity (Wildman–Crippen MR) is 200 cm³/mol. The second-order valence-electron chi connectivity index (χ2n) is 13.3. The first-order valence-electron chi connectivity index (χ1n) is 18.0. The van der Waals surface area contributed by atoms with Crippen molar-refractivity contribution in [2.75, 3.05) is 33.4 Å². The quantitative estimate of drug-likeness (QED) is 0.218. The number of carbonyl (C=O) groups is 5. The summed E-state index contributed by atoms with van der Waals surface area (Å²) in [4.78, 5) is 69.6. The van der Waals surface area contributed by atoms with Gasteiger partial charge in [-0.05, 0) is 68.0 Å². The third kappa shape index (κ3) is 12.0. The Kier molecular flexibility index (Phi) is 15.1. The fourth-order valence-corrected chi connectivity index (χ4v) is 5.85. The molecule has 13 nitrogen and oxygen atoms in total. The fraction of sp³-hybridized carbons (Fsp3) is 0.425. The van der Waals surface area contributed by atoms with Crippen LogP contribution < -0.4 is 35.5 Å². The molecule has 4 N–H and O–H groups in total. The first-order valence-corrected chi connectivity index (χ1v) is 18.0. The number of para-hydroxylation sites is 1. The van der Waals surface area contributed by atoms with E-state index >= 15 is 0 Å². The number of benzene rings is 3. The first-order chi connectivity index (χ1) is 25.5. The number of hydrogen-bond donors (Lipinski definition) is 4. The molecule has 0 aliphatic carbocycles. The molecule has 0 spiro atoms. The molecule has 13 heteroatoms. The minimum atomic E-state index is -1.28. The van der Waals surface area contributed by atoms with Crippen LogP contribution in [0.2, 0.25) is 0 Å². The standard InChI is InChI=1S/C40H51N5O8/c1-6-52-33-19-18-28(21-34(33)51-5)15-12-20-41-39(49)31-22-36(47)45(23-29-13-8-7-9-14-29)24-35(46)44-37(26(2)3)40(50)42-27(4)25-53-32-17-11-10-16-30(32)38(48)43-31/h7-11,13-14,16-19,21,26-27,31,37H,6,12,15,20,22-25H2,1-5H3,(H,41,49)(H,42,50)(H,43,48)(H,44,46)/t27-,31-,37+/m0/s1. The van der Waals surface area contributed by atoms with Crippen molar-refractivity contribution in [1.82, 2.24) is 26.2 Å². The third-order valence-electron chi connectivity index (χ3n) is 8.65. The van der Waals surface area contributed by atoms with Crippen molar-refractivity contribution >= 4 is 29.5 Å². The number of amides is 5. The molecule has 0 bridgehead atoms. The maximum absolute atomic E-state index is 14.0. The second-order valence-corrected chi connectivity index (χ2v) is 13.3. The molecule has 3 aromatic rings. The molecule has 53 heavy (non-hydrogen) atoms. The lowest BCUT2D eigenvalue weighted by atomic mass is 10.0. The van der Waals surface area contributed by atoms with Crippen LogP contribution >= 0.6 is 0 Å². The van der Waals surface area contributed by atoms with Crippen molar-refractivity contribution in [1.29, 1.82) is 0 Å². The van der Waals surface area contributed by atoms with Crippen LogP contribution in [0.5, 0.6) is 17.2 Å². The average molecular weight is 730 g/mol. The Morgan fingerprint density at radius 1 is 0.943 bits per heavy atom. The topological polar surface area (TPSA) is 164 Å². The van der Waals surface area contributed by atoms with Gasteiger partial charge in [-0.25, -0.2) is 0 Å². The SMILES string of the molecule is CCOc1ccc(CCCNC(=O)[C@@H]2CC(=O)N(Cc3ccccc3)CC(=O)N[C@H](C(C)C)C(=O)N[C@@H](C)COc3ccccc3C(=O)N2)cc1OC. The molecule has 0 fully saturated rings. The van der Waals surface area contributed by atoms with Gasteiger partial charge in [-0.2, -0.15) is 0 Å². The maximum atomic E-state index is 14.0. The first kappa shape index (κ1) is 40.2. The molecule has 284 valence electrons. The average Bonchev–Trinajstić information content (AvgIpc) is 3.14. The Labute approximate surface area is 311 Å². The Balaban J connectivity index is 1.59. The molecule has 1 aliphatic rings. The number of fused-ring (bicyclic) bond motifs is 1. The highest BCUT2D eigenvalue weighted by Gasteiger charge is 2.31. The van der Waals surface area contributed by atoms with Crippen LogP contribution in [0.25, 0.3) is 0 Å². The zero-order valence-corrected chi connectivity index (χ0v) is 31.1. The Bertz CT molecular complexity index is 1720. The molecular formula is C40H51N5O8. The highest BCUT2D eigenvalue weighted by atomic mass is 16.5. The molecule has 0 aromatic heterocycles. The third-order valence-corrected chi connectivity index (χ3v) is 8.65. The van der Waals surface area contributed by atoms with E-state index in [2.05, 4.69) is 21.3 Å². The van der Waals surface area contributed by atoms with E-state index in [-0.39, 0.29) is 43.5 Å². The summed E-state index contributed by atoms with van der Waals surface area (Å²) < 4.78 is 17.0. The summed E-state index contributed by atoms with van der Waals surface area (Å²) in [6.07, 6.45) is 0.759. The lowest BCUT2D eigenvalue weighted by molar-refractivity contribution is -0.139. The van der Waals surface area contributed by atoms with E-state index in [1.54, 1.807) is 38.3 Å². The van der Waals surface area contributed by atoms with Crippen LogP contribution in [0.4, 0.5) is 0 Å². The normalized spacial score (nSPS) is 18.8. The van der Waals surface area contributed by atoms with E-state index in [4.69, 9.17) is 14.2 Å². The Morgan fingerprint density at radius 3 is 2.40 bits per heavy atom. The van der Waals surface area contributed by atoms with Gasteiger partial charge in [0.25, 0.3) is 5.91 Å². The zero-order valence-electron chi connectivity index (χ0n) is 31.1. The van der Waals surface area contributed by atoms with Crippen molar-refractivity contribution in [2.24, 2.45) is 5.92 Å². The van der Waals surface area contributed by atoms with Gasteiger partial charge in [0, 0.05) is 13.1 Å². The Morgan fingerprint density at radius 2 is 1.68 bits per heavy atom. The van der Waals surface area contributed by atoms with Crippen molar-refractivity contribution in [3.63, 3.8) is 0 Å². The fourth-order valence-electron chi connectivity index (χ4n) is 5.85. The van der Waals surface area contributed by atoms with Gasteiger partial charge in [0.1, 0.15) is 24.4 Å². The molecule has 0 radical (unpaired) electrons. The van der Waals surface area contributed by atoms with Crippen LogP contribution in [0.15, 0.2) is 72.8 Å². The summed E-state index contributed by atoms with van der Waals surface area (Å²) in [5, 5.41) is 11.3. The predicted octanol–water partition coefficient (Wildman–Crippen LogP) is 3.40. The molecule has 5 amide bonds. The number of carbonyl (C=O) groups excluding carboxylic acids is 5. The highest BCUT2D eigenvalue weighted by Crippen LogP contribution is 2.28. The number of rotatable bonds is 11. The van der Waals surface area contributed by atoms with Crippen molar-refractivity contribution in [3.05, 3.63) is 89.5 Å². The van der Waals surface area contributed by atoms with Crippen molar-refractivity contribution < 1.29 is 38.2 Å². The van der Waals surface area contributed by atoms with Gasteiger partial charge in [-0.3, -0.25) is 24.0 Å². The van der Waals surface area contributed by atoms with Crippen LogP contribution in [-0.2, 0) is 32.1 Å². The van der Waals surface area contributed by atoms with Crippen molar-refractivity contribution in [2.45, 2.75) is 71.6 Å². The molecule has 1 heterocycles. The number of nitrogens with zero attached hydrogens (tertiary/aromatic N) is 1. The van der Waals surface area contributed by atoms with E-state index in [9.17, 15) is 24.0 Å². The van der Waals surface area contributed by atoms with Gasteiger partial charge in [-0.15, -0.1) is 0 Å². The number of methoxy groups -OCH3 is 1. The van der Waals surface area contributed by atoms with Gasteiger partial charge < -0.3 is 40.4 Å². The van der Waals surface area contributed by atoms with Gasteiger partial charge in [0.15, 0.2) is 11.5 Å². The van der Waals surface area contributed by atoms with Crippen LogP contribution in [0.1, 0.15) is 62.0 Å². The smallest absolute Gasteiger partial charge is 0.255 e. The van der Waals surface area contributed by atoms with Crippen LogP contribution in [-0.4, -0.2) is 86.0 Å². The number of hydrogen-bond acceptors (Lipinski definition) is 8. The molecule has 0 saturated heterocycles. The van der Waals surface area contributed by atoms with Crippen LogP contribution in [0, 0.1) is 5.92 Å². The second kappa shape index (κ2) is 19.9. The lowest BCUT2D eigenvalue weighted by Gasteiger charge is -2.27. The molecule has 1 aliphatic heterocycles. The van der Waals surface area contributed by atoms with Gasteiger partial charge in [0.05, 0.1) is 38.3 Å². The molecular weight excluding hydrogens is 678 g/mol. The monoisotopic (exact) mass is 729 g/mol. The molecule has 0 unspecified atom stereocenters. The summed E-state index contributed by atoms with van der Waals surface area (Å²) in [6, 6.07) is 18.7. The van der Waals surface area contributed by atoms with E-state index < -0.39 is 54.1 Å². The number of aryl methyl sites for hydroxylation is 1. The maximum Gasteiger partial charge on any atom is 0.255 e. The van der Waals surface area contributed by atoms with E-state index in [0.29, 0.717) is 30.9 Å². The minimum Gasteiger partial charge on any atom is -0.493 e. The number of ether oxygens (including phenoxy) is 3. The summed E-state index contributed by atoms with van der Waals surface area (Å²) >= 11 is 0. The summed E-state index contributed by atoms with van der Waals surface area (Å²) in [7, 11) is 1.58. The molecule has 3 atom stereocenters. The van der Waals surface area contributed by atoms with E-state index in [1.165, 1.54) is 4.90 Å². The molecule has 3 aromatic carbocycles. The highest BCUT2D eigenvalue weighted by molar-refractivity contribution is 6.01. The minimum absolute atomic E-state index is 0.0300. The lowest BCUT2D eigenvalue weighted by Crippen LogP contribution is -2.54. The van der Waals surface area contributed by atoms with Gasteiger partial charge >= 0.3 is 0 Å². The largest absolute Gasteiger partial charge is 0.493 e. The molecule has 4 rings (SSSR count). The summed E-state index contributed by atoms with van der Waals surface area (Å²) in [5.41, 5.74) is 1.90. The van der Waals surface area contributed by atoms with Gasteiger partial charge in [0.2, 0.25) is 23.6 Å². The summed E-state index contributed by atoms with van der Waals surface area (Å²) in [6.45, 7) is 7.76. The van der Waals surface area contributed by atoms with Gasteiger partial charge in [-0.1, -0.05) is 62.4 Å². The van der Waals surface area contributed by atoms with E-state index in [0.717, 1.165) is 11.1 Å². The summed E-state index contributed by atoms with van der Waals surface area (Å²) in [5.74, 6) is -1.43. The zero-order chi connectivity index (χ0) is 38.3. The van der Waals surface area contributed by atoms with Crippen molar-refractivity contribution in [3.8, 4) is 17.2 Å². The van der Waals surface area contributed by atoms with E-state index in [1.807, 2.05) is 69.3 Å². The van der Waals surface area contributed by atoms with Crippen LogP contribution in [0.3, 0.4) is 0 Å². The molecule has 0 saturated carbocycles.